The zero-order valence-electron chi connectivity index (χ0n) is 8.34. The topological polar surface area (TPSA) is 81.6 Å². The summed E-state index contributed by atoms with van der Waals surface area (Å²) in [4.78, 5) is 17.8. The van der Waals surface area contributed by atoms with E-state index in [0.29, 0.717) is 12.0 Å². The van der Waals surface area contributed by atoms with E-state index in [1.165, 1.54) is 0 Å². The molecule has 0 amide bonds. The summed E-state index contributed by atoms with van der Waals surface area (Å²) in [5.41, 5.74) is 11.1. The highest BCUT2D eigenvalue weighted by molar-refractivity contribution is 6.13. The first-order valence-corrected chi connectivity index (χ1v) is 4.98. The summed E-state index contributed by atoms with van der Waals surface area (Å²) in [6.07, 6.45) is 2.18. The second kappa shape index (κ2) is 3.12. The first-order valence-electron chi connectivity index (χ1n) is 4.98. The highest BCUT2D eigenvalue weighted by Gasteiger charge is 2.28. The maximum Gasteiger partial charge on any atom is 0.174 e. The van der Waals surface area contributed by atoms with Gasteiger partial charge in [0.1, 0.15) is 6.04 Å². The van der Waals surface area contributed by atoms with Crippen molar-refractivity contribution in [1.82, 2.24) is 4.98 Å². The van der Waals surface area contributed by atoms with E-state index in [1.807, 2.05) is 18.2 Å². The molecule has 0 saturated carbocycles. The average molecular weight is 212 g/mol. The standard InChI is InChI=1S/C11H8N4O/c12-15-14-9-4-6-2-1-3-8-10(6)7(5-13-8)11(9)16/h1-3,5,9,13H,4H2. The van der Waals surface area contributed by atoms with Crippen molar-refractivity contribution in [2.24, 2.45) is 5.11 Å². The molecule has 1 aromatic carbocycles. The lowest BCUT2D eigenvalue weighted by atomic mass is 9.89. The van der Waals surface area contributed by atoms with Gasteiger partial charge in [-0.1, -0.05) is 17.2 Å². The number of carbonyl (C=O) groups is 1. The second-order valence-corrected chi connectivity index (χ2v) is 3.83. The van der Waals surface area contributed by atoms with Crippen LogP contribution in [0.5, 0.6) is 0 Å². The quantitative estimate of drug-likeness (QED) is 0.440. The molecule has 0 aliphatic heterocycles. The zero-order chi connectivity index (χ0) is 11.1. The predicted molar refractivity (Wildman–Crippen MR) is 59.3 cm³/mol. The number of benzene rings is 1. The first-order chi connectivity index (χ1) is 7.81. The Balaban J connectivity index is 2.29. The summed E-state index contributed by atoms with van der Waals surface area (Å²) in [6.45, 7) is 0. The second-order valence-electron chi connectivity index (χ2n) is 3.83. The van der Waals surface area contributed by atoms with Gasteiger partial charge in [0.25, 0.3) is 0 Å². The molecule has 1 atom stereocenters. The molecule has 5 nitrogen and oxygen atoms in total. The van der Waals surface area contributed by atoms with Crippen molar-refractivity contribution in [2.45, 2.75) is 12.5 Å². The number of nitrogens with zero attached hydrogens (tertiary/aromatic N) is 3. The summed E-state index contributed by atoms with van der Waals surface area (Å²) in [5, 5.41) is 4.52. The Morgan fingerprint density at radius 1 is 1.50 bits per heavy atom. The van der Waals surface area contributed by atoms with Gasteiger partial charge in [0.15, 0.2) is 5.78 Å². The molecular formula is C11H8N4O. The molecule has 1 aromatic heterocycles. The van der Waals surface area contributed by atoms with Gasteiger partial charge in [-0.05, 0) is 23.6 Å². The lowest BCUT2D eigenvalue weighted by molar-refractivity contribution is 0.0960. The van der Waals surface area contributed by atoms with Crippen LogP contribution in [-0.2, 0) is 6.42 Å². The van der Waals surface area contributed by atoms with E-state index in [4.69, 9.17) is 5.53 Å². The molecule has 0 fully saturated rings. The number of ketones is 1. The largest absolute Gasteiger partial charge is 0.360 e. The minimum absolute atomic E-state index is 0.0947. The van der Waals surface area contributed by atoms with E-state index in [2.05, 4.69) is 15.0 Å². The number of aromatic nitrogens is 1. The number of hydrogen-bond acceptors (Lipinski definition) is 2. The highest BCUT2D eigenvalue weighted by atomic mass is 16.1. The van der Waals surface area contributed by atoms with Gasteiger partial charge >= 0.3 is 0 Å². The van der Waals surface area contributed by atoms with Crippen molar-refractivity contribution in [3.63, 3.8) is 0 Å². The third kappa shape index (κ3) is 1.06. The maximum absolute atomic E-state index is 12.0. The zero-order valence-corrected chi connectivity index (χ0v) is 8.34. The van der Waals surface area contributed by atoms with Crippen molar-refractivity contribution in [3.05, 3.63) is 46.0 Å². The van der Waals surface area contributed by atoms with E-state index in [-0.39, 0.29) is 5.78 Å². The fraction of sp³-hybridized carbons (Fsp3) is 0.182. The van der Waals surface area contributed by atoms with E-state index in [0.717, 1.165) is 16.5 Å². The van der Waals surface area contributed by atoms with Gasteiger partial charge < -0.3 is 4.98 Å². The Bertz CT molecular complexity index is 636. The van der Waals surface area contributed by atoms with E-state index < -0.39 is 6.04 Å². The molecule has 3 rings (SSSR count). The molecular weight excluding hydrogens is 204 g/mol. The molecule has 2 aromatic rings. The molecule has 0 bridgehead atoms. The molecule has 0 radical (unpaired) electrons. The van der Waals surface area contributed by atoms with Crippen LogP contribution >= 0.6 is 0 Å². The van der Waals surface area contributed by atoms with Crippen molar-refractivity contribution < 1.29 is 4.79 Å². The van der Waals surface area contributed by atoms with Crippen molar-refractivity contribution >= 4 is 16.7 Å². The van der Waals surface area contributed by atoms with Crippen LogP contribution in [0.3, 0.4) is 0 Å². The van der Waals surface area contributed by atoms with E-state index in [1.54, 1.807) is 6.20 Å². The molecule has 78 valence electrons. The van der Waals surface area contributed by atoms with Crippen molar-refractivity contribution in [3.8, 4) is 0 Å². The lowest BCUT2D eigenvalue weighted by Crippen LogP contribution is -2.24. The number of hydrogen-bond donors (Lipinski definition) is 1. The Morgan fingerprint density at radius 3 is 3.19 bits per heavy atom. The average Bonchev–Trinajstić information content (AvgIpc) is 2.71. The normalized spacial score (nSPS) is 18.5. The summed E-state index contributed by atoms with van der Waals surface area (Å²) in [7, 11) is 0. The number of carbonyl (C=O) groups excluding carboxylic acids is 1. The summed E-state index contributed by atoms with van der Waals surface area (Å²) < 4.78 is 0. The fourth-order valence-electron chi connectivity index (χ4n) is 2.26. The van der Waals surface area contributed by atoms with Gasteiger partial charge in [-0.25, -0.2) is 0 Å². The third-order valence-corrected chi connectivity index (χ3v) is 2.96. The van der Waals surface area contributed by atoms with E-state index in [9.17, 15) is 4.79 Å². The molecule has 1 heterocycles. The van der Waals surface area contributed by atoms with Gasteiger partial charge in [-0.3, -0.25) is 4.79 Å². The summed E-state index contributed by atoms with van der Waals surface area (Å²) in [5.74, 6) is -0.0947. The Hall–Kier alpha value is -2.26. The molecule has 5 heteroatoms. The number of H-pyrrole nitrogens is 1. The van der Waals surface area contributed by atoms with Gasteiger partial charge in [0.05, 0.1) is 0 Å². The van der Waals surface area contributed by atoms with Crippen molar-refractivity contribution in [2.75, 3.05) is 0 Å². The number of nitrogens with one attached hydrogen (secondary N) is 1. The van der Waals surface area contributed by atoms with Gasteiger partial charge in [-0.15, -0.1) is 0 Å². The molecule has 1 N–H and O–H groups in total. The van der Waals surface area contributed by atoms with Crippen LogP contribution in [0.1, 0.15) is 15.9 Å². The minimum Gasteiger partial charge on any atom is -0.360 e. The first kappa shape index (κ1) is 9.00. The molecule has 1 aliphatic rings. The molecule has 1 unspecified atom stereocenters. The number of rotatable bonds is 1. The SMILES string of the molecule is [N-]=[N+]=NC1Cc2cccc3[nH]cc(c23)C1=O. The van der Waals surface area contributed by atoms with Crippen LogP contribution < -0.4 is 0 Å². The molecule has 16 heavy (non-hydrogen) atoms. The van der Waals surface area contributed by atoms with Crippen LogP contribution in [-0.4, -0.2) is 16.8 Å². The Kier molecular flexibility index (Phi) is 1.75. The Morgan fingerprint density at radius 2 is 2.38 bits per heavy atom. The number of Topliss-reactive ketones (excluding diaryl/α,β-unsaturated/α-hetero) is 1. The highest BCUT2D eigenvalue weighted by Crippen LogP contribution is 2.30. The lowest BCUT2D eigenvalue weighted by Gasteiger charge is -2.16. The third-order valence-electron chi connectivity index (χ3n) is 2.96. The van der Waals surface area contributed by atoms with Gasteiger partial charge in [0.2, 0.25) is 0 Å². The van der Waals surface area contributed by atoms with Crippen LogP contribution in [0, 0.1) is 0 Å². The number of azide groups is 1. The van der Waals surface area contributed by atoms with Crippen LogP contribution in [0.25, 0.3) is 21.3 Å². The van der Waals surface area contributed by atoms with E-state index >= 15 is 0 Å². The predicted octanol–water partition coefficient (Wildman–Crippen LogP) is 2.59. The summed E-state index contributed by atoms with van der Waals surface area (Å²) >= 11 is 0. The van der Waals surface area contributed by atoms with Crippen LogP contribution in [0.2, 0.25) is 0 Å². The van der Waals surface area contributed by atoms with Crippen LogP contribution in [0.15, 0.2) is 29.5 Å². The molecule has 0 saturated heterocycles. The fourth-order valence-corrected chi connectivity index (χ4v) is 2.26. The minimum atomic E-state index is -0.598. The maximum atomic E-state index is 12.0. The number of aromatic amines is 1. The van der Waals surface area contributed by atoms with Crippen LogP contribution in [0.4, 0.5) is 0 Å². The molecule has 0 spiro atoms. The monoisotopic (exact) mass is 212 g/mol. The van der Waals surface area contributed by atoms with Gasteiger partial charge in [-0.2, -0.15) is 0 Å². The van der Waals surface area contributed by atoms with Gasteiger partial charge in [0, 0.05) is 27.6 Å². The molecule has 1 aliphatic carbocycles. The van der Waals surface area contributed by atoms with Crippen molar-refractivity contribution in [1.29, 1.82) is 0 Å². The Labute approximate surface area is 90.7 Å². The summed E-state index contributed by atoms with van der Waals surface area (Å²) in [6, 6.07) is 5.23. The smallest absolute Gasteiger partial charge is 0.174 e.